The largest absolute Gasteiger partial charge is 0.302 e. The minimum Gasteiger partial charge on any atom is -0.302 e. The van der Waals surface area contributed by atoms with E-state index in [4.69, 9.17) is 0 Å². The van der Waals surface area contributed by atoms with Gasteiger partial charge in [0.05, 0.1) is 11.9 Å². The molecule has 0 saturated carbocycles. The van der Waals surface area contributed by atoms with Crippen LogP contribution in [-0.4, -0.2) is 63.7 Å². The zero-order valence-corrected chi connectivity index (χ0v) is 22.0. The molecule has 0 N–H and O–H groups in total. The summed E-state index contributed by atoms with van der Waals surface area (Å²) in [4.78, 5) is 5.12. The number of benzene rings is 3. The minimum atomic E-state index is -3.41. The van der Waals surface area contributed by atoms with Crippen LogP contribution in [0.2, 0.25) is 0 Å². The molecule has 36 heavy (non-hydrogen) atoms. The van der Waals surface area contributed by atoms with Crippen molar-refractivity contribution >= 4 is 15.7 Å². The first-order valence-electron chi connectivity index (χ1n) is 13.0. The van der Waals surface area contributed by atoms with Crippen molar-refractivity contribution in [3.8, 4) is 0 Å². The summed E-state index contributed by atoms with van der Waals surface area (Å²) in [6.07, 6.45) is 3.47. The predicted molar refractivity (Wildman–Crippen MR) is 147 cm³/mol. The summed E-state index contributed by atoms with van der Waals surface area (Å²) in [7, 11) is -3.41. The van der Waals surface area contributed by atoms with Crippen molar-refractivity contribution in [1.29, 1.82) is 0 Å². The van der Waals surface area contributed by atoms with Crippen LogP contribution in [0.25, 0.3) is 0 Å². The summed E-state index contributed by atoms with van der Waals surface area (Å²) >= 11 is 0. The first kappa shape index (κ1) is 25.0. The third-order valence-electron chi connectivity index (χ3n) is 7.93. The maximum absolute atomic E-state index is 13.1. The molecule has 0 radical (unpaired) electrons. The Morgan fingerprint density at radius 3 is 2.06 bits per heavy atom. The molecule has 0 spiro atoms. The average Bonchev–Trinajstić information content (AvgIpc) is 3.24. The number of fused-ring (bicyclic) bond motifs is 1. The van der Waals surface area contributed by atoms with Gasteiger partial charge < -0.3 is 4.90 Å². The van der Waals surface area contributed by atoms with E-state index in [1.165, 1.54) is 17.4 Å². The van der Waals surface area contributed by atoms with E-state index in [0.717, 1.165) is 57.8 Å². The number of hydrogen-bond acceptors (Lipinski definition) is 4. The minimum absolute atomic E-state index is 0.108. The van der Waals surface area contributed by atoms with Gasteiger partial charge in [-0.3, -0.25) is 9.21 Å². The Hall–Kier alpha value is -2.67. The van der Waals surface area contributed by atoms with E-state index in [9.17, 15) is 8.42 Å². The highest BCUT2D eigenvalue weighted by Gasteiger charge is 2.51. The highest BCUT2D eigenvalue weighted by Crippen LogP contribution is 2.44. The lowest BCUT2D eigenvalue weighted by Crippen LogP contribution is -2.55. The Balaban J connectivity index is 1.40. The summed E-state index contributed by atoms with van der Waals surface area (Å²) in [5.41, 5.74) is 3.32. The van der Waals surface area contributed by atoms with Crippen LogP contribution in [0.1, 0.15) is 17.5 Å². The van der Waals surface area contributed by atoms with Crippen molar-refractivity contribution in [2.75, 3.05) is 49.8 Å². The second-order valence-electron chi connectivity index (χ2n) is 10.6. The first-order valence-corrected chi connectivity index (χ1v) is 14.8. The number of hydrogen-bond donors (Lipinski definition) is 0. The maximum atomic E-state index is 13.1. The molecule has 190 valence electrons. The first-order chi connectivity index (χ1) is 17.4. The molecule has 0 aliphatic carbocycles. The molecule has 3 aromatic rings. The van der Waals surface area contributed by atoms with Crippen molar-refractivity contribution in [3.05, 3.63) is 102 Å². The Bertz CT molecular complexity index is 1220. The third-order valence-corrected chi connectivity index (χ3v) is 9.07. The zero-order valence-electron chi connectivity index (χ0n) is 21.2. The molecule has 3 aromatic carbocycles. The number of sulfonamides is 1. The number of nitrogens with zero attached hydrogens (tertiary/aromatic N) is 3. The van der Waals surface area contributed by atoms with Crippen LogP contribution in [0.3, 0.4) is 0 Å². The van der Waals surface area contributed by atoms with Crippen LogP contribution < -0.4 is 4.31 Å². The van der Waals surface area contributed by atoms with Crippen molar-refractivity contribution in [1.82, 2.24) is 9.80 Å². The quantitative estimate of drug-likeness (QED) is 0.431. The molecule has 2 aliphatic heterocycles. The average molecular weight is 504 g/mol. The molecule has 2 saturated heterocycles. The maximum Gasteiger partial charge on any atom is 0.232 e. The molecular formula is C30H37N3O2S. The van der Waals surface area contributed by atoms with Crippen LogP contribution >= 0.6 is 0 Å². The van der Waals surface area contributed by atoms with Gasteiger partial charge in [-0.1, -0.05) is 78.9 Å². The van der Waals surface area contributed by atoms with Crippen molar-refractivity contribution in [2.45, 2.75) is 19.4 Å². The molecule has 0 aromatic heterocycles. The lowest BCUT2D eigenvalue weighted by molar-refractivity contribution is 0.0687. The summed E-state index contributed by atoms with van der Waals surface area (Å²) in [6, 6.07) is 30.9. The molecule has 2 fully saturated rings. The van der Waals surface area contributed by atoms with Gasteiger partial charge in [0.15, 0.2) is 0 Å². The van der Waals surface area contributed by atoms with E-state index < -0.39 is 10.0 Å². The number of piperidine rings is 1. The van der Waals surface area contributed by atoms with Crippen molar-refractivity contribution < 1.29 is 8.42 Å². The van der Waals surface area contributed by atoms with E-state index >= 15 is 0 Å². The van der Waals surface area contributed by atoms with Gasteiger partial charge >= 0.3 is 0 Å². The molecular weight excluding hydrogens is 466 g/mol. The third kappa shape index (κ3) is 5.83. The number of anilines is 1. The van der Waals surface area contributed by atoms with Gasteiger partial charge in [0, 0.05) is 44.7 Å². The standard InChI is InChI=1S/C30H37N3O2S/c1-36(34,35)33(29-15-9-4-10-16-29)25-30-23-31(19-17-26-11-5-2-6-12-26)20-18-28(30)22-32(24-30)21-27-13-7-3-8-14-27/h2-16,28H,17-25H2,1H3. The van der Waals surface area contributed by atoms with E-state index in [2.05, 4.69) is 70.5 Å². The Morgan fingerprint density at radius 2 is 1.42 bits per heavy atom. The predicted octanol–water partition coefficient (Wildman–Crippen LogP) is 4.52. The number of rotatable bonds is 9. The molecule has 0 amide bonds. The Kier molecular flexibility index (Phi) is 7.47. The normalized spacial score (nSPS) is 22.9. The summed E-state index contributed by atoms with van der Waals surface area (Å²) in [5, 5.41) is 0. The van der Waals surface area contributed by atoms with Crippen LogP contribution in [0.5, 0.6) is 0 Å². The summed E-state index contributed by atoms with van der Waals surface area (Å²) < 4.78 is 27.8. The highest BCUT2D eigenvalue weighted by molar-refractivity contribution is 7.92. The van der Waals surface area contributed by atoms with Gasteiger partial charge in [0.1, 0.15) is 0 Å². The summed E-state index contributed by atoms with van der Waals surface area (Å²) in [5.74, 6) is 0.474. The smallest absolute Gasteiger partial charge is 0.232 e. The van der Waals surface area contributed by atoms with Gasteiger partial charge in [0.2, 0.25) is 10.0 Å². The molecule has 6 heteroatoms. The Labute approximate surface area is 216 Å². The van der Waals surface area contributed by atoms with Gasteiger partial charge in [-0.05, 0) is 48.6 Å². The molecule has 2 atom stereocenters. The van der Waals surface area contributed by atoms with Crippen molar-refractivity contribution in [2.24, 2.45) is 11.3 Å². The van der Waals surface area contributed by atoms with Crippen LogP contribution in [0.4, 0.5) is 5.69 Å². The van der Waals surface area contributed by atoms with E-state index in [-0.39, 0.29) is 5.41 Å². The monoisotopic (exact) mass is 503 g/mol. The second kappa shape index (κ2) is 10.8. The fourth-order valence-electron chi connectivity index (χ4n) is 6.18. The lowest BCUT2D eigenvalue weighted by Gasteiger charge is -2.46. The lowest BCUT2D eigenvalue weighted by atomic mass is 9.73. The van der Waals surface area contributed by atoms with Crippen LogP contribution in [0.15, 0.2) is 91.0 Å². The number of likely N-dealkylation sites (tertiary alicyclic amines) is 2. The molecule has 2 heterocycles. The van der Waals surface area contributed by atoms with E-state index in [1.54, 1.807) is 4.31 Å². The van der Waals surface area contributed by atoms with Crippen molar-refractivity contribution in [3.63, 3.8) is 0 Å². The molecule has 2 aliphatic rings. The highest BCUT2D eigenvalue weighted by atomic mass is 32.2. The molecule has 2 unspecified atom stereocenters. The van der Waals surface area contributed by atoms with Crippen LogP contribution in [-0.2, 0) is 23.0 Å². The number of para-hydroxylation sites is 1. The molecule has 5 nitrogen and oxygen atoms in total. The van der Waals surface area contributed by atoms with Crippen LogP contribution in [0, 0.1) is 11.3 Å². The fourth-order valence-corrected chi connectivity index (χ4v) is 7.17. The van der Waals surface area contributed by atoms with Gasteiger partial charge in [-0.25, -0.2) is 8.42 Å². The molecule has 0 bridgehead atoms. The molecule has 5 rings (SSSR count). The topological polar surface area (TPSA) is 43.9 Å². The van der Waals surface area contributed by atoms with E-state index in [0.29, 0.717) is 12.5 Å². The fraction of sp³-hybridized carbons (Fsp3) is 0.400. The Morgan fingerprint density at radius 1 is 0.833 bits per heavy atom. The second-order valence-corrected chi connectivity index (χ2v) is 12.5. The SMILES string of the molecule is CS(=O)(=O)N(CC12CN(CCc3ccccc3)CCC1CN(Cc1ccccc1)C2)c1ccccc1. The van der Waals surface area contributed by atoms with Gasteiger partial charge in [-0.15, -0.1) is 0 Å². The van der Waals surface area contributed by atoms with Gasteiger partial charge in [0.25, 0.3) is 0 Å². The van der Waals surface area contributed by atoms with E-state index in [1.807, 2.05) is 30.3 Å². The zero-order chi connectivity index (χ0) is 25.0. The van der Waals surface area contributed by atoms with Gasteiger partial charge in [-0.2, -0.15) is 0 Å². The summed E-state index contributed by atoms with van der Waals surface area (Å²) in [6.45, 7) is 6.36.